The minimum absolute atomic E-state index is 0.224. The lowest BCUT2D eigenvalue weighted by Gasteiger charge is -2.33. The Hall–Kier alpha value is -2.00. The highest BCUT2D eigenvalue weighted by Crippen LogP contribution is 2.37. The monoisotopic (exact) mass is 396 g/mol. The predicted molar refractivity (Wildman–Crippen MR) is 113 cm³/mol. The first kappa shape index (κ1) is 19.0. The number of pyridine rings is 1. The van der Waals surface area contributed by atoms with Crippen LogP contribution < -0.4 is 26.8 Å². The summed E-state index contributed by atoms with van der Waals surface area (Å²) in [6, 6.07) is 7.35. The van der Waals surface area contributed by atoms with Crippen LogP contribution >= 0.6 is 0 Å². The molecule has 5 N–H and O–H groups in total. The number of fused-ring (bicyclic) bond motifs is 1. The first-order valence-electron chi connectivity index (χ1n) is 10.9. The van der Waals surface area contributed by atoms with Crippen molar-refractivity contribution in [2.45, 2.75) is 37.4 Å². The minimum Gasteiger partial charge on any atom is -0.370 e. The van der Waals surface area contributed by atoms with E-state index in [9.17, 15) is 0 Å². The van der Waals surface area contributed by atoms with Crippen molar-refractivity contribution < 1.29 is 0 Å². The molecule has 8 nitrogen and oxygen atoms in total. The molecule has 0 amide bonds. The fraction of sp³-hybridized carbons (Fsp3) is 0.619. The van der Waals surface area contributed by atoms with Gasteiger partial charge in [-0.25, -0.2) is 10.4 Å². The Kier molecular flexibility index (Phi) is 5.50. The zero-order valence-electron chi connectivity index (χ0n) is 17.1. The highest BCUT2D eigenvalue weighted by molar-refractivity contribution is 5.36. The van der Waals surface area contributed by atoms with E-state index in [0.29, 0.717) is 18.0 Å². The second-order valence-corrected chi connectivity index (χ2v) is 8.70. The first-order valence-corrected chi connectivity index (χ1v) is 10.9. The van der Waals surface area contributed by atoms with E-state index in [4.69, 9.17) is 4.98 Å². The van der Waals surface area contributed by atoms with E-state index < -0.39 is 0 Å². The van der Waals surface area contributed by atoms with E-state index in [1.165, 1.54) is 18.4 Å². The Morgan fingerprint density at radius 2 is 2.10 bits per heavy atom. The summed E-state index contributed by atoms with van der Waals surface area (Å²) in [4.78, 5) is 4.97. The summed E-state index contributed by atoms with van der Waals surface area (Å²) in [5.41, 5.74) is 9.39. The zero-order valence-corrected chi connectivity index (χ0v) is 17.1. The molecular weight excluding hydrogens is 364 g/mol. The van der Waals surface area contributed by atoms with E-state index in [-0.39, 0.29) is 6.04 Å². The molecule has 29 heavy (non-hydrogen) atoms. The van der Waals surface area contributed by atoms with Gasteiger partial charge in [0.25, 0.3) is 0 Å². The van der Waals surface area contributed by atoms with E-state index >= 15 is 0 Å². The number of hydrazine groups is 1. The summed E-state index contributed by atoms with van der Waals surface area (Å²) < 4.78 is 1.88. The molecule has 2 aromatic heterocycles. The van der Waals surface area contributed by atoms with Crippen molar-refractivity contribution in [3.05, 3.63) is 41.9 Å². The summed E-state index contributed by atoms with van der Waals surface area (Å²) in [5.74, 6) is 2.22. The fourth-order valence-electron chi connectivity index (χ4n) is 5.00. The topological polar surface area (TPSA) is 90.9 Å². The lowest BCUT2D eigenvalue weighted by Crippen LogP contribution is -2.46. The van der Waals surface area contributed by atoms with Crippen molar-refractivity contribution in [2.24, 2.45) is 18.9 Å². The normalized spacial score (nSPS) is 30.2. The maximum Gasteiger partial charge on any atom is 0.126 e. The molecule has 0 spiro atoms. The van der Waals surface area contributed by atoms with Crippen LogP contribution in [-0.2, 0) is 7.05 Å². The molecule has 3 aliphatic heterocycles. The Labute approximate surface area is 172 Å². The molecule has 4 unspecified atom stereocenters. The number of aromatic nitrogens is 3. The van der Waals surface area contributed by atoms with Gasteiger partial charge in [0.15, 0.2) is 0 Å². The van der Waals surface area contributed by atoms with E-state index in [2.05, 4.69) is 56.3 Å². The van der Waals surface area contributed by atoms with Crippen molar-refractivity contribution >= 4 is 5.82 Å². The maximum atomic E-state index is 4.97. The molecule has 0 aromatic carbocycles. The molecule has 8 heteroatoms. The molecule has 0 saturated carbocycles. The van der Waals surface area contributed by atoms with Crippen LogP contribution in [0.15, 0.2) is 30.6 Å². The van der Waals surface area contributed by atoms with Gasteiger partial charge < -0.3 is 16.0 Å². The first-order chi connectivity index (χ1) is 14.3. The van der Waals surface area contributed by atoms with Gasteiger partial charge in [-0.05, 0) is 50.4 Å². The number of aryl methyl sites for hydroxylation is 1. The molecule has 0 aliphatic carbocycles. The minimum atomic E-state index is 0.224. The van der Waals surface area contributed by atoms with Crippen LogP contribution in [0.5, 0.6) is 0 Å². The molecule has 0 radical (unpaired) electrons. The molecule has 4 atom stereocenters. The number of nitrogens with zero attached hydrogens (tertiary/aromatic N) is 3. The Morgan fingerprint density at radius 3 is 2.93 bits per heavy atom. The quantitative estimate of drug-likeness (QED) is 0.517. The van der Waals surface area contributed by atoms with Crippen LogP contribution in [0, 0.1) is 11.8 Å². The Morgan fingerprint density at radius 1 is 1.21 bits per heavy atom. The maximum absolute atomic E-state index is 4.97. The van der Waals surface area contributed by atoms with Crippen molar-refractivity contribution in [2.75, 3.05) is 31.5 Å². The highest BCUT2D eigenvalue weighted by Gasteiger charge is 2.42. The second kappa shape index (κ2) is 8.39. The lowest BCUT2D eigenvalue weighted by molar-refractivity contribution is 0.265. The van der Waals surface area contributed by atoms with Crippen LogP contribution in [0.3, 0.4) is 0 Å². The number of rotatable bonds is 5. The van der Waals surface area contributed by atoms with Gasteiger partial charge in [-0.3, -0.25) is 10.1 Å². The molecular formula is C21H32N8. The third kappa shape index (κ3) is 4.16. The average Bonchev–Trinajstić information content (AvgIpc) is 3.39. The second-order valence-electron chi connectivity index (χ2n) is 8.70. The Bertz CT molecular complexity index is 815. The van der Waals surface area contributed by atoms with Crippen molar-refractivity contribution in [1.29, 1.82) is 0 Å². The average molecular weight is 397 g/mol. The third-order valence-corrected chi connectivity index (χ3v) is 6.71. The van der Waals surface area contributed by atoms with Gasteiger partial charge in [-0.1, -0.05) is 6.07 Å². The largest absolute Gasteiger partial charge is 0.370 e. The van der Waals surface area contributed by atoms with Crippen molar-refractivity contribution in [1.82, 2.24) is 36.2 Å². The van der Waals surface area contributed by atoms with Crippen LogP contribution in [0.25, 0.3) is 0 Å². The lowest BCUT2D eigenvalue weighted by atomic mass is 9.82. The summed E-state index contributed by atoms with van der Waals surface area (Å²) in [5, 5.41) is 15.0. The van der Waals surface area contributed by atoms with Crippen molar-refractivity contribution in [3.63, 3.8) is 0 Å². The molecule has 3 fully saturated rings. The molecule has 156 valence electrons. The summed E-state index contributed by atoms with van der Waals surface area (Å²) in [7, 11) is 1.98. The van der Waals surface area contributed by atoms with Gasteiger partial charge in [0.05, 0.1) is 17.9 Å². The van der Waals surface area contributed by atoms with Crippen LogP contribution in [-0.4, -0.2) is 47.0 Å². The van der Waals surface area contributed by atoms with Gasteiger partial charge in [-0.15, -0.1) is 0 Å². The summed E-state index contributed by atoms with van der Waals surface area (Å²) in [6.07, 6.45) is 7.65. The number of hydrogen-bond acceptors (Lipinski definition) is 7. The third-order valence-electron chi connectivity index (χ3n) is 6.71. The van der Waals surface area contributed by atoms with Crippen LogP contribution in [0.2, 0.25) is 0 Å². The Balaban J connectivity index is 1.26. The van der Waals surface area contributed by atoms with E-state index in [0.717, 1.165) is 50.0 Å². The smallest absolute Gasteiger partial charge is 0.126 e. The fourth-order valence-corrected chi connectivity index (χ4v) is 5.00. The highest BCUT2D eigenvalue weighted by atomic mass is 15.4. The summed E-state index contributed by atoms with van der Waals surface area (Å²) in [6.45, 7) is 4.22. The van der Waals surface area contributed by atoms with E-state index in [1.807, 2.05) is 17.9 Å². The predicted octanol–water partition coefficient (Wildman–Crippen LogP) is 1.09. The van der Waals surface area contributed by atoms with Gasteiger partial charge in [0.1, 0.15) is 5.82 Å². The molecule has 3 aliphatic rings. The molecule has 2 aromatic rings. The number of piperidine rings is 2. The van der Waals surface area contributed by atoms with E-state index in [1.54, 1.807) is 0 Å². The SMILES string of the molecule is Cn1cc(C2CC3C(CN2)NNC3c2cccc(NCC3CCNCC3)n2)cn1. The van der Waals surface area contributed by atoms with Crippen LogP contribution in [0.4, 0.5) is 5.82 Å². The standard InChI is InChI=1S/C21H32N8/c1-29-13-15(11-25-29)18-9-16-19(12-23-18)27-28-21(16)17-3-2-4-20(26-17)24-10-14-5-7-22-8-6-14/h2-4,11,13-14,16,18-19,21-23,27-28H,5-10,12H2,1H3,(H,24,26). The zero-order chi connectivity index (χ0) is 19.6. The molecule has 0 bridgehead atoms. The van der Waals surface area contributed by atoms with Gasteiger partial charge in [-0.2, -0.15) is 5.10 Å². The van der Waals surface area contributed by atoms with Gasteiger partial charge in [0, 0.05) is 49.9 Å². The van der Waals surface area contributed by atoms with Crippen molar-refractivity contribution in [3.8, 4) is 0 Å². The molecule has 5 rings (SSSR count). The molecule has 5 heterocycles. The van der Waals surface area contributed by atoms with Gasteiger partial charge >= 0.3 is 0 Å². The number of anilines is 1. The summed E-state index contributed by atoms with van der Waals surface area (Å²) >= 11 is 0. The number of hydrogen-bond donors (Lipinski definition) is 5. The van der Waals surface area contributed by atoms with Crippen LogP contribution in [0.1, 0.15) is 42.6 Å². The molecule has 3 saturated heterocycles. The number of nitrogens with one attached hydrogen (secondary N) is 5. The van der Waals surface area contributed by atoms with Gasteiger partial charge in [0.2, 0.25) is 0 Å².